The van der Waals surface area contributed by atoms with Gasteiger partial charge in [0, 0.05) is 24.0 Å². The molecule has 2 atom stereocenters. The summed E-state index contributed by atoms with van der Waals surface area (Å²) in [7, 11) is 0. The van der Waals surface area contributed by atoms with Gasteiger partial charge in [-0.1, -0.05) is 6.07 Å². The number of amides is 1. The average Bonchev–Trinajstić information content (AvgIpc) is 2.57. The van der Waals surface area contributed by atoms with Gasteiger partial charge in [0.25, 0.3) is 0 Å². The first-order valence-electron chi connectivity index (χ1n) is 5.49. The predicted molar refractivity (Wildman–Crippen MR) is 66.0 cm³/mol. The minimum atomic E-state index is 0.0487. The summed E-state index contributed by atoms with van der Waals surface area (Å²) in [6.07, 6.45) is 3.60. The summed E-state index contributed by atoms with van der Waals surface area (Å²) in [5, 5.41) is 0.170. The lowest BCUT2D eigenvalue weighted by molar-refractivity contribution is -0.131. The third-order valence-electron chi connectivity index (χ3n) is 2.71. The Labute approximate surface area is 100 Å². The van der Waals surface area contributed by atoms with Crippen molar-refractivity contribution >= 4 is 17.7 Å². The van der Waals surface area contributed by atoms with Crippen LogP contribution in [0.15, 0.2) is 24.5 Å². The SMILES string of the molecule is CC1SC(c2cccnc2)N(C(C)C)C1=O. The number of carbonyl (C=O) groups excluding carboxylic acids is 1. The van der Waals surface area contributed by atoms with Crippen LogP contribution in [0.5, 0.6) is 0 Å². The zero-order chi connectivity index (χ0) is 11.7. The van der Waals surface area contributed by atoms with Crippen LogP contribution in [0.25, 0.3) is 0 Å². The van der Waals surface area contributed by atoms with Crippen LogP contribution >= 0.6 is 11.8 Å². The summed E-state index contributed by atoms with van der Waals surface area (Å²) in [5.74, 6) is 0.230. The molecule has 86 valence electrons. The zero-order valence-corrected chi connectivity index (χ0v) is 10.6. The molecule has 0 radical (unpaired) electrons. The molecule has 0 saturated carbocycles. The molecule has 1 fully saturated rings. The van der Waals surface area contributed by atoms with E-state index in [-0.39, 0.29) is 22.6 Å². The number of aromatic nitrogens is 1. The maximum atomic E-state index is 12.0. The fourth-order valence-corrected chi connectivity index (χ4v) is 3.33. The van der Waals surface area contributed by atoms with Crippen LogP contribution in [0.2, 0.25) is 0 Å². The van der Waals surface area contributed by atoms with Crippen LogP contribution < -0.4 is 0 Å². The largest absolute Gasteiger partial charge is 0.323 e. The standard InChI is InChI=1S/C12H16N2OS/c1-8(2)14-11(15)9(3)16-12(14)10-5-4-6-13-7-10/h4-9,12H,1-3H3. The van der Waals surface area contributed by atoms with E-state index in [9.17, 15) is 4.79 Å². The predicted octanol–water partition coefficient (Wildman–Crippen LogP) is 2.45. The molecule has 0 aromatic carbocycles. The third-order valence-corrected chi connectivity index (χ3v) is 4.08. The molecule has 1 aliphatic rings. The van der Waals surface area contributed by atoms with Crippen LogP contribution in [-0.2, 0) is 4.79 Å². The van der Waals surface area contributed by atoms with E-state index in [1.807, 2.05) is 30.2 Å². The van der Waals surface area contributed by atoms with Gasteiger partial charge in [-0.2, -0.15) is 0 Å². The molecular weight excluding hydrogens is 220 g/mol. The van der Waals surface area contributed by atoms with E-state index in [4.69, 9.17) is 0 Å². The Kier molecular flexibility index (Phi) is 3.19. The molecule has 2 heterocycles. The number of hydrogen-bond acceptors (Lipinski definition) is 3. The van der Waals surface area contributed by atoms with Crippen molar-refractivity contribution in [2.75, 3.05) is 0 Å². The van der Waals surface area contributed by atoms with E-state index in [2.05, 4.69) is 18.8 Å². The van der Waals surface area contributed by atoms with Crippen molar-refractivity contribution in [3.63, 3.8) is 0 Å². The third kappa shape index (κ3) is 1.94. The molecule has 1 aromatic heterocycles. The van der Waals surface area contributed by atoms with Gasteiger partial charge in [0.1, 0.15) is 5.37 Å². The second-order valence-corrected chi connectivity index (χ2v) is 5.68. The van der Waals surface area contributed by atoms with Gasteiger partial charge in [-0.15, -0.1) is 11.8 Å². The van der Waals surface area contributed by atoms with Crippen LogP contribution in [0.1, 0.15) is 31.7 Å². The number of carbonyl (C=O) groups is 1. The summed E-state index contributed by atoms with van der Waals surface area (Å²) in [4.78, 5) is 18.1. The van der Waals surface area contributed by atoms with Crippen molar-refractivity contribution in [1.82, 2.24) is 9.88 Å². The van der Waals surface area contributed by atoms with Crippen LogP contribution in [-0.4, -0.2) is 27.1 Å². The first-order valence-corrected chi connectivity index (χ1v) is 6.43. The van der Waals surface area contributed by atoms with Gasteiger partial charge >= 0.3 is 0 Å². The summed E-state index contributed by atoms with van der Waals surface area (Å²) in [6.45, 7) is 6.08. The highest BCUT2D eigenvalue weighted by atomic mass is 32.2. The van der Waals surface area contributed by atoms with Crippen molar-refractivity contribution in [1.29, 1.82) is 0 Å². The van der Waals surface area contributed by atoms with E-state index in [1.54, 1.807) is 18.0 Å². The maximum Gasteiger partial charge on any atom is 0.236 e. The molecule has 0 aliphatic carbocycles. The van der Waals surface area contributed by atoms with Crippen molar-refractivity contribution in [2.45, 2.75) is 37.4 Å². The molecule has 1 amide bonds. The van der Waals surface area contributed by atoms with Crippen LogP contribution in [0.4, 0.5) is 0 Å². The van der Waals surface area contributed by atoms with Crippen molar-refractivity contribution in [2.24, 2.45) is 0 Å². The Morgan fingerprint density at radius 3 is 2.81 bits per heavy atom. The fraction of sp³-hybridized carbons (Fsp3) is 0.500. The number of hydrogen-bond donors (Lipinski definition) is 0. The Morgan fingerprint density at radius 1 is 1.50 bits per heavy atom. The Hall–Kier alpha value is -1.03. The van der Waals surface area contributed by atoms with Crippen LogP contribution in [0, 0.1) is 0 Å². The molecule has 0 bridgehead atoms. The van der Waals surface area contributed by atoms with Gasteiger partial charge in [-0.05, 0) is 26.8 Å². The minimum Gasteiger partial charge on any atom is -0.323 e. The lowest BCUT2D eigenvalue weighted by atomic mass is 10.2. The summed E-state index contributed by atoms with van der Waals surface area (Å²) in [6, 6.07) is 4.18. The quantitative estimate of drug-likeness (QED) is 0.791. The molecule has 2 rings (SSSR count). The molecule has 1 saturated heterocycles. The van der Waals surface area contributed by atoms with Gasteiger partial charge in [0.05, 0.1) is 5.25 Å². The summed E-state index contributed by atoms with van der Waals surface area (Å²) < 4.78 is 0. The molecule has 1 aromatic rings. The number of rotatable bonds is 2. The number of thioether (sulfide) groups is 1. The van der Waals surface area contributed by atoms with Gasteiger partial charge in [0.2, 0.25) is 5.91 Å². The van der Waals surface area contributed by atoms with E-state index < -0.39 is 0 Å². The molecule has 3 nitrogen and oxygen atoms in total. The monoisotopic (exact) mass is 236 g/mol. The van der Waals surface area contributed by atoms with Gasteiger partial charge < -0.3 is 4.90 Å². The molecule has 4 heteroatoms. The van der Waals surface area contributed by atoms with Gasteiger partial charge in [-0.25, -0.2) is 0 Å². The molecule has 0 spiro atoms. The van der Waals surface area contributed by atoms with E-state index in [0.717, 1.165) is 5.56 Å². The first-order chi connectivity index (χ1) is 7.61. The van der Waals surface area contributed by atoms with Gasteiger partial charge in [-0.3, -0.25) is 9.78 Å². The smallest absolute Gasteiger partial charge is 0.236 e. The minimum absolute atomic E-state index is 0.0487. The fourth-order valence-electron chi connectivity index (χ4n) is 1.93. The molecule has 1 aliphatic heterocycles. The summed E-state index contributed by atoms with van der Waals surface area (Å²) in [5.41, 5.74) is 1.11. The van der Waals surface area contributed by atoms with Gasteiger partial charge in [0.15, 0.2) is 0 Å². The average molecular weight is 236 g/mol. The van der Waals surface area contributed by atoms with E-state index in [1.165, 1.54) is 0 Å². The number of pyridine rings is 1. The molecule has 0 N–H and O–H groups in total. The highest BCUT2D eigenvalue weighted by Crippen LogP contribution is 2.43. The maximum absolute atomic E-state index is 12.0. The van der Waals surface area contributed by atoms with E-state index >= 15 is 0 Å². The highest BCUT2D eigenvalue weighted by molar-refractivity contribution is 8.01. The summed E-state index contributed by atoms with van der Waals surface area (Å²) >= 11 is 1.70. The second kappa shape index (κ2) is 4.45. The molecule has 16 heavy (non-hydrogen) atoms. The topological polar surface area (TPSA) is 33.2 Å². The lowest BCUT2D eigenvalue weighted by Crippen LogP contribution is -2.36. The lowest BCUT2D eigenvalue weighted by Gasteiger charge is -2.27. The molecule has 2 unspecified atom stereocenters. The highest BCUT2D eigenvalue weighted by Gasteiger charge is 2.39. The molecular formula is C12H16N2OS. The van der Waals surface area contributed by atoms with Crippen molar-refractivity contribution in [3.8, 4) is 0 Å². The van der Waals surface area contributed by atoms with Crippen molar-refractivity contribution in [3.05, 3.63) is 30.1 Å². The Morgan fingerprint density at radius 2 is 2.25 bits per heavy atom. The Balaban J connectivity index is 2.31. The van der Waals surface area contributed by atoms with E-state index in [0.29, 0.717) is 0 Å². The van der Waals surface area contributed by atoms with Crippen molar-refractivity contribution < 1.29 is 4.79 Å². The first kappa shape index (κ1) is 11.5. The number of nitrogens with zero attached hydrogens (tertiary/aromatic N) is 2. The normalized spacial score (nSPS) is 25.5. The second-order valence-electron chi connectivity index (χ2n) is 4.26. The van der Waals surface area contributed by atoms with Crippen LogP contribution in [0.3, 0.4) is 0 Å². The Bertz CT molecular complexity index is 380. The zero-order valence-electron chi connectivity index (χ0n) is 9.75.